The second-order valence-electron chi connectivity index (χ2n) is 14.7. The molecule has 4 aromatic carbocycles. The molecule has 0 amide bonds. The van der Waals surface area contributed by atoms with Crippen LogP contribution in [-0.2, 0) is 13.9 Å². The smallest absolute Gasteiger partial charge is 0.374 e. The molecule has 2 N–H and O–H groups in total. The van der Waals surface area contributed by atoms with Gasteiger partial charge in [-0.25, -0.2) is 9.59 Å². The van der Waals surface area contributed by atoms with Gasteiger partial charge in [0, 0.05) is 17.2 Å². The number of phenolic OH excluding ortho intramolecular Hbond substituents is 2. The van der Waals surface area contributed by atoms with Crippen molar-refractivity contribution < 1.29 is 57.2 Å². The van der Waals surface area contributed by atoms with E-state index >= 15 is 0 Å². The molecule has 56 heavy (non-hydrogen) atoms. The first-order chi connectivity index (χ1) is 26.7. The highest BCUT2D eigenvalue weighted by atomic mass is 28.4. The van der Waals surface area contributed by atoms with Gasteiger partial charge >= 0.3 is 17.4 Å². The number of hydrogen-bond acceptors (Lipinski definition) is 13. The van der Waals surface area contributed by atoms with Crippen molar-refractivity contribution in [1.29, 1.82) is 0 Å². The van der Waals surface area contributed by atoms with Gasteiger partial charge in [-0.2, -0.15) is 0 Å². The predicted octanol–water partition coefficient (Wildman–Crippen LogP) is 5.27. The van der Waals surface area contributed by atoms with E-state index in [1.54, 1.807) is 0 Å². The standard InChI is InChI=1S/C42H34O13Si/c1-41(2,3)56(22-12-8-6-9-13-22,23-14-10-7-11-15-23)55-30-20-42(53-36-25(30)16-21-17-29(39(48)51-5)52-40(49)31(21)34(36)45)38(47)26-18-24-27(43)19-28(50-4)33(44)32(24)35(46)37(26)54-42/h6-19,30,45-46H,20H2,1-5H3. The van der Waals surface area contributed by atoms with Gasteiger partial charge in [-0.3, -0.25) is 14.4 Å². The molecule has 2 unspecified atom stereocenters. The van der Waals surface area contributed by atoms with Gasteiger partial charge in [0.05, 0.1) is 37.9 Å². The fourth-order valence-corrected chi connectivity index (χ4v) is 12.6. The molecule has 8 rings (SSSR count). The normalized spacial score (nSPS) is 18.8. The quantitative estimate of drug-likeness (QED) is 0.168. The number of fused-ring (bicyclic) bond motifs is 4. The SMILES string of the molecule is COC(=O)c1cc2cc3c(c(O)c2c(=O)o1)OC1(CC3O[Si](c2ccccc2)(c2ccccc2)C(C)(C)C)Oc2c(cc3c(c2O)C(=O)C(OC)=CC3=O)C1=O. The number of methoxy groups -OCH3 is 2. The lowest BCUT2D eigenvalue weighted by atomic mass is 9.87. The number of Topliss-reactive ketones (excluding diaryl/α,β-unsaturated/α-hetero) is 2. The van der Waals surface area contributed by atoms with E-state index in [-0.39, 0.29) is 45.4 Å². The molecule has 5 aromatic rings. The maximum Gasteiger partial charge on any atom is 0.374 e. The molecule has 0 fully saturated rings. The number of allylic oxidation sites excluding steroid dienone is 2. The second kappa shape index (κ2) is 12.8. The van der Waals surface area contributed by atoms with Gasteiger partial charge in [0.25, 0.3) is 14.1 Å². The van der Waals surface area contributed by atoms with Crippen molar-refractivity contribution in [3.05, 3.63) is 129 Å². The Balaban J connectivity index is 1.38. The minimum atomic E-state index is -3.49. The average molecular weight is 775 g/mol. The molecular weight excluding hydrogens is 741 g/mol. The Kier molecular flexibility index (Phi) is 8.32. The van der Waals surface area contributed by atoms with E-state index in [0.717, 1.165) is 29.6 Å². The first-order valence-corrected chi connectivity index (χ1v) is 19.4. The third-order valence-electron chi connectivity index (χ3n) is 10.5. The molecule has 0 bridgehead atoms. The fraction of sp³-hybridized carbons (Fsp3) is 0.214. The van der Waals surface area contributed by atoms with Crippen LogP contribution in [0.5, 0.6) is 23.0 Å². The molecule has 3 heterocycles. The van der Waals surface area contributed by atoms with Crippen molar-refractivity contribution in [2.24, 2.45) is 0 Å². The van der Waals surface area contributed by atoms with Gasteiger partial charge in [0.15, 0.2) is 34.5 Å². The van der Waals surface area contributed by atoms with Gasteiger partial charge in [0.2, 0.25) is 11.5 Å². The summed E-state index contributed by atoms with van der Waals surface area (Å²) < 4.78 is 35.2. The van der Waals surface area contributed by atoms with Crippen LogP contribution < -0.4 is 25.5 Å². The van der Waals surface area contributed by atoms with Crippen LogP contribution in [0.15, 0.2) is 99.9 Å². The molecule has 2 aliphatic heterocycles. The van der Waals surface area contributed by atoms with Crippen molar-refractivity contribution in [2.45, 2.75) is 44.1 Å². The number of hydrogen-bond donors (Lipinski definition) is 2. The van der Waals surface area contributed by atoms with Gasteiger partial charge < -0.3 is 38.0 Å². The van der Waals surface area contributed by atoms with Gasteiger partial charge in [-0.05, 0) is 39.0 Å². The summed E-state index contributed by atoms with van der Waals surface area (Å²) in [5, 5.41) is 24.3. The van der Waals surface area contributed by atoms with Crippen LogP contribution in [0.4, 0.5) is 0 Å². The summed E-state index contributed by atoms with van der Waals surface area (Å²) in [6.45, 7) is 6.15. The van der Waals surface area contributed by atoms with E-state index in [4.69, 9.17) is 27.8 Å². The molecule has 0 radical (unpaired) electrons. The maximum atomic E-state index is 14.7. The number of rotatable bonds is 6. The molecule has 2 atom stereocenters. The highest BCUT2D eigenvalue weighted by Gasteiger charge is 2.60. The number of benzene rings is 4. The number of esters is 1. The van der Waals surface area contributed by atoms with Crippen LogP contribution in [0, 0.1) is 0 Å². The zero-order valence-corrected chi connectivity index (χ0v) is 31.8. The van der Waals surface area contributed by atoms with Crippen molar-refractivity contribution in [2.75, 3.05) is 14.2 Å². The van der Waals surface area contributed by atoms with E-state index < -0.39 is 82.8 Å². The predicted molar refractivity (Wildman–Crippen MR) is 202 cm³/mol. The lowest BCUT2D eigenvalue weighted by molar-refractivity contribution is -0.108. The monoisotopic (exact) mass is 774 g/mol. The Labute approximate surface area is 319 Å². The zero-order chi connectivity index (χ0) is 39.9. The first-order valence-electron chi connectivity index (χ1n) is 17.5. The third kappa shape index (κ3) is 5.20. The highest BCUT2D eigenvalue weighted by Crippen LogP contribution is 2.56. The van der Waals surface area contributed by atoms with Crippen molar-refractivity contribution in [1.82, 2.24) is 0 Å². The largest absolute Gasteiger partial charge is 0.504 e. The van der Waals surface area contributed by atoms with E-state index in [2.05, 4.69) is 0 Å². The first kappa shape index (κ1) is 36.5. The lowest BCUT2D eigenvalue weighted by Gasteiger charge is -2.47. The van der Waals surface area contributed by atoms with Gasteiger partial charge in [0.1, 0.15) is 5.39 Å². The fourth-order valence-electron chi connectivity index (χ4n) is 7.96. The molecule has 14 heteroatoms. The summed E-state index contributed by atoms with van der Waals surface area (Å²) in [6.07, 6.45) is -0.551. The number of phenols is 2. The van der Waals surface area contributed by atoms with E-state index in [1.807, 2.05) is 81.4 Å². The Bertz CT molecular complexity index is 2580. The number of carbonyl (C=O) groups is 4. The minimum Gasteiger partial charge on any atom is -0.504 e. The van der Waals surface area contributed by atoms with E-state index in [9.17, 15) is 34.2 Å². The molecule has 284 valence electrons. The second-order valence-corrected chi connectivity index (χ2v) is 18.9. The molecule has 1 aliphatic carbocycles. The summed E-state index contributed by atoms with van der Waals surface area (Å²) in [4.78, 5) is 67.0. The average Bonchev–Trinajstić information content (AvgIpc) is 3.45. The van der Waals surface area contributed by atoms with Crippen LogP contribution in [0.25, 0.3) is 10.8 Å². The van der Waals surface area contributed by atoms with Crippen LogP contribution >= 0.6 is 0 Å². The van der Waals surface area contributed by atoms with Crippen molar-refractivity contribution in [3.63, 3.8) is 0 Å². The minimum absolute atomic E-state index is 0.0965. The van der Waals surface area contributed by atoms with E-state index in [0.29, 0.717) is 0 Å². The molecular formula is C42H34O13Si. The summed E-state index contributed by atoms with van der Waals surface area (Å²) in [5.74, 6) is -8.63. The van der Waals surface area contributed by atoms with Crippen LogP contribution in [0.1, 0.15) is 80.5 Å². The maximum absolute atomic E-state index is 14.7. The molecule has 3 aliphatic rings. The summed E-state index contributed by atoms with van der Waals surface area (Å²) in [6, 6.07) is 23.2. The number of ether oxygens (including phenoxy) is 4. The molecule has 0 saturated heterocycles. The summed E-state index contributed by atoms with van der Waals surface area (Å²) in [5.41, 5.74) is -1.80. The van der Waals surface area contributed by atoms with Crippen molar-refractivity contribution in [3.8, 4) is 23.0 Å². The Morgan fingerprint density at radius 3 is 2.05 bits per heavy atom. The lowest BCUT2D eigenvalue weighted by Crippen LogP contribution is -2.67. The van der Waals surface area contributed by atoms with Crippen molar-refractivity contribution >= 4 is 52.8 Å². The number of carbonyl (C=O) groups excluding carboxylic acids is 4. The van der Waals surface area contributed by atoms with Gasteiger partial charge in [-0.15, -0.1) is 0 Å². The molecule has 13 nitrogen and oxygen atoms in total. The molecule has 1 aromatic heterocycles. The molecule has 0 saturated carbocycles. The number of ketones is 3. The summed E-state index contributed by atoms with van der Waals surface area (Å²) in [7, 11) is -1.16. The van der Waals surface area contributed by atoms with Crippen LogP contribution in [0.2, 0.25) is 5.04 Å². The third-order valence-corrected chi connectivity index (χ3v) is 15.6. The molecule has 1 spiro atoms. The topological polar surface area (TPSA) is 185 Å². The summed E-state index contributed by atoms with van der Waals surface area (Å²) >= 11 is 0. The van der Waals surface area contributed by atoms with Crippen LogP contribution in [0.3, 0.4) is 0 Å². The highest BCUT2D eigenvalue weighted by molar-refractivity contribution is 6.99. The Morgan fingerprint density at radius 1 is 0.839 bits per heavy atom. The number of aromatic hydroxyl groups is 2. The van der Waals surface area contributed by atoms with E-state index in [1.165, 1.54) is 19.2 Å². The van der Waals surface area contributed by atoms with Gasteiger partial charge in [-0.1, -0.05) is 81.4 Å². The van der Waals surface area contributed by atoms with Crippen LogP contribution in [-0.4, -0.2) is 61.9 Å². The Morgan fingerprint density at radius 2 is 1.46 bits per heavy atom. The zero-order valence-electron chi connectivity index (χ0n) is 30.8. The Hall–Kier alpha value is -6.51.